The summed E-state index contributed by atoms with van der Waals surface area (Å²) in [5, 5.41) is 12.6. The highest BCUT2D eigenvalue weighted by molar-refractivity contribution is 5.69. The Morgan fingerprint density at radius 3 is 2.53 bits per heavy atom. The minimum absolute atomic E-state index is 0.0115. The van der Waals surface area contributed by atoms with Gasteiger partial charge in [0.05, 0.1) is 6.42 Å². The van der Waals surface area contributed by atoms with Crippen LogP contribution in [-0.4, -0.2) is 15.8 Å². The molecule has 0 atom stereocenters. The van der Waals surface area contributed by atoms with Gasteiger partial charge in [-0.15, -0.1) is 0 Å². The molecule has 1 heterocycles. The number of rotatable bonds is 3. The van der Waals surface area contributed by atoms with Crippen molar-refractivity contribution in [2.24, 2.45) is 5.11 Å². The summed E-state index contributed by atoms with van der Waals surface area (Å²) in [6.07, 6.45) is 1.72. The molecule has 0 saturated heterocycles. The lowest BCUT2D eigenvalue weighted by Crippen LogP contribution is -2.08. The van der Waals surface area contributed by atoms with Crippen LogP contribution in [0.3, 0.4) is 0 Å². The number of aryl methyl sites for hydroxylation is 1. The molecule has 4 nitrogen and oxygen atoms in total. The van der Waals surface area contributed by atoms with Gasteiger partial charge in [-0.1, -0.05) is 17.7 Å². The number of carbonyl (C=O) groups is 1. The summed E-state index contributed by atoms with van der Waals surface area (Å²) in [6, 6.07) is 7.89. The molecule has 4 heteroatoms. The van der Waals surface area contributed by atoms with Crippen LogP contribution in [0, 0.1) is 6.92 Å². The predicted molar refractivity (Wildman–Crippen MR) is 53.9 cm³/mol. The minimum Gasteiger partial charge on any atom is -0.481 e. The largest absolute Gasteiger partial charge is 0.481 e. The van der Waals surface area contributed by atoms with Crippen LogP contribution < -0.4 is 0 Å². The molecular formula is C11H11N2O2+. The quantitative estimate of drug-likeness (QED) is 0.767. The van der Waals surface area contributed by atoms with E-state index in [0.29, 0.717) is 5.70 Å². The number of carboxylic acids is 1. The van der Waals surface area contributed by atoms with Gasteiger partial charge >= 0.3 is 5.97 Å². The van der Waals surface area contributed by atoms with E-state index in [-0.39, 0.29) is 6.42 Å². The first kappa shape index (κ1) is 9.58. The van der Waals surface area contributed by atoms with Gasteiger partial charge in [0.25, 0.3) is 0 Å². The molecule has 0 fully saturated rings. The fraction of sp³-hybridized carbons (Fsp3) is 0.182. The third-order valence-electron chi connectivity index (χ3n) is 2.14. The monoisotopic (exact) mass is 203 g/mol. The van der Waals surface area contributed by atoms with E-state index in [1.807, 2.05) is 31.2 Å². The highest BCUT2D eigenvalue weighted by Crippen LogP contribution is 2.23. The van der Waals surface area contributed by atoms with Crippen molar-refractivity contribution >= 4 is 11.7 Å². The topological polar surface area (TPSA) is 52.7 Å². The number of hydrogen-bond acceptors (Lipinski definition) is 2. The molecular weight excluding hydrogens is 192 g/mol. The standard InChI is InChI=1S/C11H10N2O2/c1-8-2-4-10(5-3-8)13-7-9(12-13)6-11(14)15/h2-5,7H,6H2,1H3/p+1. The maximum absolute atomic E-state index is 10.4. The third-order valence-corrected chi connectivity index (χ3v) is 2.14. The van der Waals surface area contributed by atoms with Gasteiger partial charge in [-0.25, -0.2) is 0 Å². The van der Waals surface area contributed by atoms with Gasteiger partial charge in [0.2, 0.25) is 11.9 Å². The predicted octanol–water partition coefficient (Wildman–Crippen LogP) is 2.42. The number of azo groups is 2. The molecule has 0 aromatic heterocycles. The number of nitrogens with zero attached hydrogens (tertiary/aromatic N) is 2. The van der Waals surface area contributed by atoms with Crippen LogP contribution in [-0.2, 0) is 4.79 Å². The van der Waals surface area contributed by atoms with Crippen LogP contribution in [0.2, 0.25) is 0 Å². The van der Waals surface area contributed by atoms with Gasteiger partial charge < -0.3 is 5.11 Å². The van der Waals surface area contributed by atoms with Crippen LogP contribution in [0.15, 0.2) is 41.3 Å². The summed E-state index contributed by atoms with van der Waals surface area (Å²) in [5.41, 5.74) is 2.74. The van der Waals surface area contributed by atoms with E-state index in [1.165, 1.54) is 5.56 Å². The normalized spacial score (nSPS) is 13.9. The van der Waals surface area contributed by atoms with E-state index in [4.69, 9.17) is 5.11 Å². The Kier molecular flexibility index (Phi) is 2.33. The van der Waals surface area contributed by atoms with Gasteiger partial charge in [0, 0.05) is 17.2 Å². The summed E-state index contributed by atoms with van der Waals surface area (Å²) < 4.78 is 1.68. The Labute approximate surface area is 87.2 Å². The van der Waals surface area contributed by atoms with Crippen molar-refractivity contribution in [3.8, 4) is 0 Å². The van der Waals surface area contributed by atoms with Crippen molar-refractivity contribution in [1.82, 2.24) is 0 Å². The van der Waals surface area contributed by atoms with Gasteiger partial charge in [0.1, 0.15) is 0 Å². The molecule has 0 radical (unpaired) electrons. The highest BCUT2D eigenvalue weighted by atomic mass is 16.4. The molecule has 15 heavy (non-hydrogen) atoms. The van der Waals surface area contributed by atoms with E-state index >= 15 is 0 Å². The maximum atomic E-state index is 10.4. The average molecular weight is 203 g/mol. The van der Waals surface area contributed by atoms with Gasteiger partial charge in [0.15, 0.2) is 5.70 Å². The molecule has 0 bridgehead atoms. The molecule has 1 aromatic carbocycles. The minimum atomic E-state index is -0.853. The van der Waals surface area contributed by atoms with E-state index < -0.39 is 5.97 Å². The molecule has 1 N–H and O–H groups in total. The van der Waals surface area contributed by atoms with Gasteiger partial charge in [-0.2, -0.15) is 0 Å². The molecule has 2 rings (SSSR count). The second-order valence-electron chi connectivity index (χ2n) is 3.47. The van der Waals surface area contributed by atoms with E-state index in [1.54, 1.807) is 10.9 Å². The Morgan fingerprint density at radius 2 is 2.00 bits per heavy atom. The maximum Gasteiger partial charge on any atom is 0.309 e. The van der Waals surface area contributed by atoms with Crippen molar-refractivity contribution < 1.29 is 14.6 Å². The summed E-state index contributed by atoms with van der Waals surface area (Å²) >= 11 is 0. The second-order valence-corrected chi connectivity index (χ2v) is 3.47. The zero-order valence-electron chi connectivity index (χ0n) is 8.34. The molecule has 76 valence electrons. The van der Waals surface area contributed by atoms with Crippen LogP contribution in [0.1, 0.15) is 12.0 Å². The Balaban J connectivity index is 2.05. The van der Waals surface area contributed by atoms with Crippen LogP contribution in [0.4, 0.5) is 5.69 Å². The first-order chi connectivity index (χ1) is 7.15. The number of benzene rings is 1. The molecule has 1 aliphatic heterocycles. The average Bonchev–Trinajstić information content (AvgIpc) is 2.12. The number of aliphatic carboxylic acids is 1. The summed E-state index contributed by atoms with van der Waals surface area (Å²) in [7, 11) is 0. The zero-order chi connectivity index (χ0) is 10.8. The second kappa shape index (κ2) is 3.65. The fourth-order valence-corrected chi connectivity index (χ4v) is 1.34. The lowest BCUT2D eigenvalue weighted by atomic mass is 10.2. The van der Waals surface area contributed by atoms with Crippen molar-refractivity contribution in [3.05, 3.63) is 41.7 Å². The summed E-state index contributed by atoms with van der Waals surface area (Å²) in [4.78, 5) is 10.4. The SMILES string of the molecule is Cc1ccc([N+]2=NC(CC(=O)O)=C2)cc1. The van der Waals surface area contributed by atoms with E-state index in [2.05, 4.69) is 5.11 Å². The van der Waals surface area contributed by atoms with Crippen molar-refractivity contribution in [2.45, 2.75) is 13.3 Å². The van der Waals surface area contributed by atoms with Crippen molar-refractivity contribution in [2.75, 3.05) is 0 Å². The van der Waals surface area contributed by atoms with Crippen LogP contribution in [0.5, 0.6) is 0 Å². The first-order valence-corrected chi connectivity index (χ1v) is 4.65. The summed E-state index contributed by atoms with van der Waals surface area (Å²) in [6.45, 7) is 2.02. The van der Waals surface area contributed by atoms with Gasteiger partial charge in [-0.05, 0) is 11.6 Å². The fourth-order valence-electron chi connectivity index (χ4n) is 1.34. The summed E-state index contributed by atoms with van der Waals surface area (Å²) in [5.74, 6) is -0.853. The van der Waals surface area contributed by atoms with Crippen molar-refractivity contribution in [1.29, 1.82) is 0 Å². The Bertz CT molecular complexity index is 458. The molecule has 0 amide bonds. The van der Waals surface area contributed by atoms with Crippen LogP contribution in [0.25, 0.3) is 0 Å². The van der Waals surface area contributed by atoms with Crippen molar-refractivity contribution in [3.63, 3.8) is 0 Å². The first-order valence-electron chi connectivity index (χ1n) is 4.65. The molecule has 1 aliphatic rings. The molecule has 0 spiro atoms. The molecule has 1 aromatic rings. The number of carboxylic acid groups (broad SMARTS) is 1. The highest BCUT2D eigenvalue weighted by Gasteiger charge is 2.23. The van der Waals surface area contributed by atoms with E-state index in [9.17, 15) is 4.79 Å². The molecule has 0 aliphatic carbocycles. The molecule has 0 saturated carbocycles. The lowest BCUT2D eigenvalue weighted by Gasteiger charge is -2.03. The zero-order valence-corrected chi connectivity index (χ0v) is 8.34. The smallest absolute Gasteiger partial charge is 0.309 e. The third kappa shape index (κ3) is 2.10. The number of hydrogen-bond donors (Lipinski definition) is 1. The lowest BCUT2D eigenvalue weighted by molar-refractivity contribution is -0.461. The van der Waals surface area contributed by atoms with Gasteiger partial charge in [-0.3, -0.25) is 4.79 Å². The molecule has 0 unspecified atom stereocenters. The Hall–Kier alpha value is -1.97. The van der Waals surface area contributed by atoms with E-state index in [0.717, 1.165) is 5.69 Å². The van der Waals surface area contributed by atoms with Crippen LogP contribution >= 0.6 is 0 Å². The Morgan fingerprint density at radius 1 is 1.40 bits per heavy atom.